The molecule has 1 aromatic rings. The average Bonchev–Trinajstić information content (AvgIpc) is 2.41. The van der Waals surface area contributed by atoms with Crippen molar-refractivity contribution >= 4 is 11.9 Å². The van der Waals surface area contributed by atoms with Gasteiger partial charge < -0.3 is 9.64 Å². The lowest BCUT2D eigenvalue weighted by Gasteiger charge is -2.58. The molecule has 0 bridgehead atoms. The first kappa shape index (κ1) is 18.6. The van der Waals surface area contributed by atoms with Gasteiger partial charge in [0.05, 0.1) is 5.56 Å². The molecule has 2 aliphatic rings. The Labute approximate surface area is 148 Å². The maximum Gasteiger partial charge on any atom is 0.419 e. The van der Waals surface area contributed by atoms with Gasteiger partial charge in [-0.25, -0.2) is 14.8 Å². The molecule has 1 aromatic heterocycles. The number of halogens is 3. The summed E-state index contributed by atoms with van der Waals surface area (Å²) in [6.45, 7) is 6.44. The Morgan fingerprint density at radius 3 is 2.15 bits per heavy atom. The molecule has 0 aromatic carbocycles. The predicted octanol–water partition coefficient (Wildman–Crippen LogP) is 3.33. The second-order valence-corrected chi connectivity index (χ2v) is 8.10. The van der Waals surface area contributed by atoms with Crippen LogP contribution in [0.4, 0.5) is 18.0 Å². The van der Waals surface area contributed by atoms with Gasteiger partial charge in [-0.15, -0.1) is 0 Å². The standard InChI is InChI=1S/C17H20F3N3O3/c1-15(2,3)26-14(25)23-8-16(9-23)4-10(5-16)12(24)13-21-6-11(7-22-13)17(18,19)20/h6-7,10H,4-5,8-9H2,1-3H3. The predicted molar refractivity (Wildman–Crippen MR) is 84.3 cm³/mol. The number of amides is 1. The van der Waals surface area contributed by atoms with E-state index in [1.165, 1.54) is 0 Å². The quantitative estimate of drug-likeness (QED) is 0.746. The number of hydrogen-bond acceptors (Lipinski definition) is 5. The number of aromatic nitrogens is 2. The van der Waals surface area contributed by atoms with E-state index in [-0.39, 0.29) is 29.0 Å². The zero-order chi connectivity index (χ0) is 19.3. The summed E-state index contributed by atoms with van der Waals surface area (Å²) < 4.78 is 42.8. The van der Waals surface area contributed by atoms with Crippen molar-refractivity contribution in [1.29, 1.82) is 0 Å². The second-order valence-electron chi connectivity index (χ2n) is 8.10. The van der Waals surface area contributed by atoms with Crippen molar-refractivity contribution in [3.63, 3.8) is 0 Å². The molecule has 9 heteroatoms. The zero-order valence-corrected chi connectivity index (χ0v) is 14.8. The van der Waals surface area contributed by atoms with Gasteiger partial charge in [0.15, 0.2) is 5.82 Å². The van der Waals surface area contributed by atoms with Crippen LogP contribution in [0.15, 0.2) is 12.4 Å². The molecule has 0 radical (unpaired) electrons. The normalized spacial score (nSPS) is 19.7. The highest BCUT2D eigenvalue weighted by atomic mass is 19.4. The van der Waals surface area contributed by atoms with Crippen LogP contribution in [0.25, 0.3) is 0 Å². The van der Waals surface area contributed by atoms with E-state index in [1.807, 2.05) is 0 Å². The van der Waals surface area contributed by atoms with Gasteiger partial charge in [0, 0.05) is 36.8 Å². The lowest BCUT2D eigenvalue weighted by Crippen LogP contribution is -2.65. The molecule has 6 nitrogen and oxygen atoms in total. The molecule has 1 aliphatic heterocycles. The monoisotopic (exact) mass is 371 g/mol. The third-order valence-electron chi connectivity index (χ3n) is 4.63. The zero-order valence-electron chi connectivity index (χ0n) is 14.8. The van der Waals surface area contributed by atoms with Gasteiger partial charge in [-0.1, -0.05) is 0 Å². The molecule has 0 unspecified atom stereocenters. The SMILES string of the molecule is CC(C)(C)OC(=O)N1CC2(CC(C(=O)c3ncc(C(F)(F)F)cn3)C2)C1. The molecule has 1 saturated carbocycles. The van der Waals surface area contributed by atoms with Crippen LogP contribution in [0, 0.1) is 11.3 Å². The molecule has 1 amide bonds. The van der Waals surface area contributed by atoms with Gasteiger partial charge in [0.25, 0.3) is 0 Å². The summed E-state index contributed by atoms with van der Waals surface area (Å²) in [6, 6.07) is 0. The fourth-order valence-electron chi connectivity index (χ4n) is 3.43. The molecule has 1 aliphatic carbocycles. The Bertz CT molecular complexity index is 711. The van der Waals surface area contributed by atoms with E-state index in [9.17, 15) is 22.8 Å². The van der Waals surface area contributed by atoms with Crippen molar-refractivity contribution in [3.05, 3.63) is 23.8 Å². The molecule has 1 spiro atoms. The van der Waals surface area contributed by atoms with Gasteiger partial charge in [-0.2, -0.15) is 13.2 Å². The van der Waals surface area contributed by atoms with Crippen molar-refractivity contribution in [2.75, 3.05) is 13.1 Å². The number of likely N-dealkylation sites (tertiary alicyclic amines) is 1. The minimum absolute atomic E-state index is 0.0941. The van der Waals surface area contributed by atoms with E-state index in [0.717, 1.165) is 0 Å². The van der Waals surface area contributed by atoms with Gasteiger partial charge in [0.2, 0.25) is 5.78 Å². The molecule has 2 fully saturated rings. The molecule has 0 N–H and O–H groups in total. The van der Waals surface area contributed by atoms with Crippen LogP contribution < -0.4 is 0 Å². The third kappa shape index (κ3) is 3.66. The van der Waals surface area contributed by atoms with E-state index < -0.39 is 17.3 Å². The minimum Gasteiger partial charge on any atom is -0.444 e. The van der Waals surface area contributed by atoms with Crippen LogP contribution in [0.3, 0.4) is 0 Å². The topological polar surface area (TPSA) is 72.4 Å². The van der Waals surface area contributed by atoms with Crippen molar-refractivity contribution in [2.45, 2.75) is 45.4 Å². The Kier molecular flexibility index (Phi) is 4.23. The van der Waals surface area contributed by atoms with E-state index in [4.69, 9.17) is 4.74 Å². The first-order chi connectivity index (χ1) is 11.9. The smallest absolute Gasteiger partial charge is 0.419 e. The van der Waals surface area contributed by atoms with Crippen LogP contribution in [-0.4, -0.2) is 45.4 Å². The molecular formula is C17H20F3N3O3. The molecule has 1 saturated heterocycles. The number of nitrogens with zero attached hydrogens (tertiary/aromatic N) is 3. The fraction of sp³-hybridized carbons (Fsp3) is 0.647. The lowest BCUT2D eigenvalue weighted by atomic mass is 9.56. The van der Waals surface area contributed by atoms with Gasteiger partial charge >= 0.3 is 12.3 Å². The Morgan fingerprint density at radius 1 is 1.15 bits per heavy atom. The van der Waals surface area contributed by atoms with Crippen molar-refractivity contribution in [1.82, 2.24) is 14.9 Å². The Hall–Kier alpha value is -2.19. The van der Waals surface area contributed by atoms with Crippen LogP contribution in [-0.2, 0) is 10.9 Å². The van der Waals surface area contributed by atoms with Crippen LogP contribution in [0.5, 0.6) is 0 Å². The summed E-state index contributed by atoms with van der Waals surface area (Å²) in [5, 5.41) is 0. The maximum atomic E-state index is 12.5. The fourth-order valence-corrected chi connectivity index (χ4v) is 3.43. The van der Waals surface area contributed by atoms with E-state index in [0.29, 0.717) is 38.3 Å². The number of ketones is 1. The Morgan fingerprint density at radius 2 is 1.69 bits per heavy atom. The summed E-state index contributed by atoms with van der Waals surface area (Å²) in [6.07, 6.45) is -2.49. The maximum absolute atomic E-state index is 12.5. The van der Waals surface area contributed by atoms with Crippen LogP contribution in [0.1, 0.15) is 49.8 Å². The second kappa shape index (κ2) is 5.92. The van der Waals surface area contributed by atoms with E-state index >= 15 is 0 Å². The summed E-state index contributed by atoms with van der Waals surface area (Å²) in [7, 11) is 0. The van der Waals surface area contributed by atoms with Crippen LogP contribution in [0.2, 0.25) is 0 Å². The third-order valence-corrected chi connectivity index (χ3v) is 4.63. The number of carbonyl (C=O) groups is 2. The van der Waals surface area contributed by atoms with Gasteiger partial charge in [0.1, 0.15) is 5.60 Å². The summed E-state index contributed by atoms with van der Waals surface area (Å²) >= 11 is 0. The highest BCUT2D eigenvalue weighted by molar-refractivity contribution is 5.95. The number of hydrogen-bond donors (Lipinski definition) is 0. The number of Topliss-reactive ketones (excluding diaryl/α,β-unsaturated/α-hetero) is 1. The molecular weight excluding hydrogens is 351 g/mol. The van der Waals surface area contributed by atoms with Gasteiger partial charge in [-0.3, -0.25) is 4.79 Å². The van der Waals surface area contributed by atoms with Crippen molar-refractivity contribution in [3.8, 4) is 0 Å². The number of rotatable bonds is 2. The first-order valence-corrected chi connectivity index (χ1v) is 8.30. The average molecular weight is 371 g/mol. The lowest BCUT2D eigenvalue weighted by molar-refractivity contribution is -0.138. The number of carbonyl (C=O) groups excluding carboxylic acids is 2. The van der Waals surface area contributed by atoms with Crippen molar-refractivity contribution < 1.29 is 27.5 Å². The van der Waals surface area contributed by atoms with Gasteiger partial charge in [-0.05, 0) is 33.6 Å². The number of ether oxygens (including phenoxy) is 1. The highest BCUT2D eigenvalue weighted by Gasteiger charge is 2.56. The Balaban J connectivity index is 1.51. The summed E-state index contributed by atoms with van der Waals surface area (Å²) in [5.41, 5.74) is -1.63. The largest absolute Gasteiger partial charge is 0.444 e. The van der Waals surface area contributed by atoms with E-state index in [2.05, 4.69) is 9.97 Å². The molecule has 3 rings (SSSR count). The summed E-state index contributed by atoms with van der Waals surface area (Å²) in [4.78, 5) is 33.0. The molecule has 0 atom stereocenters. The summed E-state index contributed by atoms with van der Waals surface area (Å²) in [5.74, 6) is -0.853. The van der Waals surface area contributed by atoms with Crippen molar-refractivity contribution in [2.24, 2.45) is 11.3 Å². The molecule has 142 valence electrons. The molecule has 2 heterocycles. The minimum atomic E-state index is -4.53. The first-order valence-electron chi connectivity index (χ1n) is 8.30. The molecule has 26 heavy (non-hydrogen) atoms. The highest BCUT2D eigenvalue weighted by Crippen LogP contribution is 2.52. The number of alkyl halides is 3. The van der Waals surface area contributed by atoms with Crippen LogP contribution >= 0.6 is 0 Å². The van der Waals surface area contributed by atoms with E-state index in [1.54, 1.807) is 25.7 Å².